The van der Waals surface area contributed by atoms with E-state index in [2.05, 4.69) is 25.7 Å². The van der Waals surface area contributed by atoms with E-state index in [9.17, 15) is 9.59 Å². The molecule has 0 radical (unpaired) electrons. The van der Waals surface area contributed by atoms with Crippen LogP contribution in [0.1, 0.15) is 37.9 Å². The smallest absolute Gasteiger partial charge is 0.321 e. The lowest BCUT2D eigenvalue weighted by Crippen LogP contribution is -2.43. The number of hydrogen-bond donors (Lipinski definition) is 2. The second-order valence-electron chi connectivity index (χ2n) is 6.91. The van der Waals surface area contributed by atoms with Crippen LogP contribution in [0.4, 0.5) is 4.79 Å². The van der Waals surface area contributed by atoms with Crippen molar-refractivity contribution in [3.63, 3.8) is 0 Å². The van der Waals surface area contributed by atoms with E-state index >= 15 is 0 Å². The van der Waals surface area contributed by atoms with Gasteiger partial charge in [0.05, 0.1) is 5.52 Å². The molecule has 3 amide bonds. The van der Waals surface area contributed by atoms with E-state index in [1.165, 1.54) is 11.8 Å². The van der Waals surface area contributed by atoms with Gasteiger partial charge < -0.3 is 5.32 Å². The number of benzene rings is 1. The number of aromatic nitrogens is 4. The summed E-state index contributed by atoms with van der Waals surface area (Å²) in [4.78, 5) is 33.1. The van der Waals surface area contributed by atoms with Gasteiger partial charge in [0.15, 0.2) is 10.8 Å². The molecule has 2 N–H and O–H groups in total. The summed E-state index contributed by atoms with van der Waals surface area (Å²) in [6.07, 6.45) is 4.44. The first-order valence-corrected chi connectivity index (χ1v) is 10.4. The second-order valence-corrected chi connectivity index (χ2v) is 7.97. The lowest BCUT2D eigenvalue weighted by atomic mass is 10.2. The first-order chi connectivity index (χ1) is 13.6. The van der Waals surface area contributed by atoms with Crippen LogP contribution in [0.5, 0.6) is 0 Å². The third-order valence-electron chi connectivity index (χ3n) is 4.76. The second kappa shape index (κ2) is 8.14. The molecule has 9 heteroatoms. The summed E-state index contributed by atoms with van der Waals surface area (Å²) < 4.78 is 1.72. The third kappa shape index (κ3) is 4.09. The van der Waals surface area contributed by atoms with Crippen LogP contribution >= 0.6 is 11.8 Å². The molecule has 0 saturated heterocycles. The largest absolute Gasteiger partial charge is 0.335 e. The number of nitrogens with one attached hydrogen (secondary N) is 2. The summed E-state index contributed by atoms with van der Waals surface area (Å²) in [5.41, 5.74) is 1.59. The van der Waals surface area contributed by atoms with Crippen molar-refractivity contribution in [2.75, 3.05) is 5.75 Å². The highest BCUT2D eigenvalue weighted by Crippen LogP contribution is 2.24. The topological polar surface area (TPSA) is 101 Å². The Morgan fingerprint density at radius 2 is 2.00 bits per heavy atom. The molecule has 2 heterocycles. The normalized spacial score (nSPS) is 14.6. The summed E-state index contributed by atoms with van der Waals surface area (Å²) in [6.45, 7) is 1.84. The predicted molar refractivity (Wildman–Crippen MR) is 107 cm³/mol. The van der Waals surface area contributed by atoms with Crippen molar-refractivity contribution in [2.45, 2.75) is 50.2 Å². The standard InChI is InChI=1S/C19H22N6O2S/c1-12-20-17-14-8-4-5-9-15(14)22-19(25(17)24-12)28-11-10-16(26)23-18(27)21-13-6-2-3-7-13/h4-5,8-9,13H,2-3,6-7,10-11H2,1H3,(H2,21,23,26,27). The minimum atomic E-state index is -0.403. The number of carbonyl (C=O) groups excluding carboxylic acids is 2. The van der Waals surface area contributed by atoms with Crippen LogP contribution in [-0.2, 0) is 4.79 Å². The molecular weight excluding hydrogens is 376 g/mol. The van der Waals surface area contributed by atoms with Crippen molar-refractivity contribution in [3.05, 3.63) is 30.1 Å². The van der Waals surface area contributed by atoms with Crippen LogP contribution in [0.15, 0.2) is 29.4 Å². The molecule has 0 unspecified atom stereocenters. The fraction of sp³-hybridized carbons (Fsp3) is 0.421. The van der Waals surface area contributed by atoms with E-state index in [1.54, 1.807) is 4.52 Å². The number of hydrogen-bond acceptors (Lipinski definition) is 6. The molecule has 0 spiro atoms. The molecule has 28 heavy (non-hydrogen) atoms. The molecule has 2 aromatic heterocycles. The lowest BCUT2D eigenvalue weighted by Gasteiger charge is -2.12. The molecule has 0 bridgehead atoms. The molecule has 8 nitrogen and oxygen atoms in total. The monoisotopic (exact) mass is 398 g/mol. The molecule has 1 fully saturated rings. The lowest BCUT2D eigenvalue weighted by molar-refractivity contribution is -0.119. The predicted octanol–water partition coefficient (Wildman–Crippen LogP) is 2.84. The zero-order valence-electron chi connectivity index (χ0n) is 15.6. The summed E-state index contributed by atoms with van der Waals surface area (Å²) in [6, 6.07) is 7.56. The maximum absolute atomic E-state index is 12.1. The van der Waals surface area contributed by atoms with Gasteiger partial charge in [0.2, 0.25) is 5.91 Å². The van der Waals surface area contributed by atoms with E-state index in [0.29, 0.717) is 16.7 Å². The van der Waals surface area contributed by atoms with Gasteiger partial charge in [-0.05, 0) is 31.9 Å². The fourth-order valence-corrected chi connectivity index (χ4v) is 4.33. The SMILES string of the molecule is Cc1nc2c3ccccc3nc(SCCC(=O)NC(=O)NC3CCCC3)n2n1. The molecule has 1 aliphatic rings. The Hall–Kier alpha value is -2.68. The quantitative estimate of drug-likeness (QED) is 0.506. The van der Waals surface area contributed by atoms with Crippen molar-refractivity contribution >= 4 is 40.3 Å². The highest BCUT2D eigenvalue weighted by Gasteiger charge is 2.18. The van der Waals surface area contributed by atoms with Crippen LogP contribution in [0.25, 0.3) is 16.6 Å². The number of amides is 3. The van der Waals surface area contributed by atoms with E-state index in [1.807, 2.05) is 31.2 Å². The van der Waals surface area contributed by atoms with Gasteiger partial charge in [-0.15, -0.1) is 5.10 Å². The first-order valence-electron chi connectivity index (χ1n) is 9.45. The average molecular weight is 398 g/mol. The molecule has 4 rings (SSSR count). The van der Waals surface area contributed by atoms with Crippen LogP contribution in [0, 0.1) is 6.92 Å². The van der Waals surface area contributed by atoms with Gasteiger partial charge in [-0.3, -0.25) is 10.1 Å². The maximum atomic E-state index is 12.1. The highest BCUT2D eigenvalue weighted by atomic mass is 32.2. The van der Waals surface area contributed by atoms with Crippen molar-refractivity contribution in [2.24, 2.45) is 0 Å². The molecule has 3 aromatic rings. The molecule has 146 valence electrons. The van der Waals surface area contributed by atoms with Gasteiger partial charge >= 0.3 is 6.03 Å². The van der Waals surface area contributed by atoms with E-state index in [0.717, 1.165) is 42.2 Å². The molecule has 0 atom stereocenters. The number of imide groups is 1. The van der Waals surface area contributed by atoms with Crippen molar-refractivity contribution in [3.8, 4) is 0 Å². The van der Waals surface area contributed by atoms with Crippen LogP contribution < -0.4 is 10.6 Å². The molecule has 0 aliphatic heterocycles. The highest BCUT2D eigenvalue weighted by molar-refractivity contribution is 7.99. The Morgan fingerprint density at radius 3 is 2.82 bits per heavy atom. The summed E-state index contributed by atoms with van der Waals surface area (Å²) in [5, 5.41) is 11.3. The van der Waals surface area contributed by atoms with Gasteiger partial charge in [0.25, 0.3) is 0 Å². The zero-order chi connectivity index (χ0) is 19.5. The number of fused-ring (bicyclic) bond motifs is 3. The molecule has 1 aromatic carbocycles. The number of aryl methyl sites for hydroxylation is 1. The van der Waals surface area contributed by atoms with Gasteiger partial charge in [-0.25, -0.2) is 14.8 Å². The Labute approximate surface area is 166 Å². The zero-order valence-corrected chi connectivity index (χ0v) is 16.5. The number of nitrogens with zero attached hydrogens (tertiary/aromatic N) is 4. The van der Waals surface area contributed by atoms with Gasteiger partial charge in [-0.1, -0.05) is 36.7 Å². The van der Waals surface area contributed by atoms with Gasteiger partial charge in [-0.2, -0.15) is 4.52 Å². The van der Waals surface area contributed by atoms with Crippen LogP contribution in [0.2, 0.25) is 0 Å². The van der Waals surface area contributed by atoms with Gasteiger partial charge in [0, 0.05) is 23.6 Å². The minimum Gasteiger partial charge on any atom is -0.335 e. The van der Waals surface area contributed by atoms with Crippen LogP contribution in [0.3, 0.4) is 0 Å². The van der Waals surface area contributed by atoms with E-state index in [4.69, 9.17) is 0 Å². The van der Waals surface area contributed by atoms with E-state index < -0.39 is 6.03 Å². The molecular formula is C19H22N6O2S. The third-order valence-corrected chi connectivity index (χ3v) is 5.69. The first kappa shape index (κ1) is 18.7. The molecule has 1 saturated carbocycles. The number of urea groups is 1. The Bertz CT molecular complexity index is 1030. The molecule has 1 aliphatic carbocycles. The van der Waals surface area contributed by atoms with Crippen molar-refractivity contribution < 1.29 is 9.59 Å². The Kier molecular flexibility index (Phi) is 5.43. The minimum absolute atomic E-state index is 0.188. The van der Waals surface area contributed by atoms with Crippen molar-refractivity contribution in [1.29, 1.82) is 0 Å². The van der Waals surface area contributed by atoms with Crippen LogP contribution in [-0.4, -0.2) is 43.3 Å². The van der Waals surface area contributed by atoms with E-state index in [-0.39, 0.29) is 18.4 Å². The number of thioether (sulfide) groups is 1. The fourth-order valence-electron chi connectivity index (χ4n) is 3.44. The van der Waals surface area contributed by atoms with Crippen molar-refractivity contribution in [1.82, 2.24) is 30.2 Å². The summed E-state index contributed by atoms with van der Waals surface area (Å²) in [5.74, 6) is 0.859. The number of carbonyl (C=O) groups is 2. The Morgan fingerprint density at radius 1 is 1.21 bits per heavy atom. The number of rotatable bonds is 5. The Balaban J connectivity index is 1.38. The maximum Gasteiger partial charge on any atom is 0.321 e. The summed E-state index contributed by atoms with van der Waals surface area (Å²) in [7, 11) is 0. The number of para-hydroxylation sites is 1. The van der Waals surface area contributed by atoms with Gasteiger partial charge in [0.1, 0.15) is 5.82 Å². The summed E-state index contributed by atoms with van der Waals surface area (Å²) >= 11 is 1.42. The average Bonchev–Trinajstić information content (AvgIpc) is 3.30.